The molecule has 6 heteroatoms. The number of benzene rings is 2. The molecule has 0 atom stereocenters. The van der Waals surface area contributed by atoms with Crippen LogP contribution in [0.4, 0.5) is 0 Å². The van der Waals surface area contributed by atoms with Crippen molar-refractivity contribution in [2.24, 2.45) is 0 Å². The lowest BCUT2D eigenvalue weighted by Gasteiger charge is -2.07. The minimum atomic E-state index is 0.231. The summed E-state index contributed by atoms with van der Waals surface area (Å²) in [6, 6.07) is 23.0. The van der Waals surface area contributed by atoms with Crippen LogP contribution in [0, 0.1) is 11.3 Å². The lowest BCUT2D eigenvalue weighted by atomic mass is 10.1. The number of hydrogen-bond donors (Lipinski definition) is 0. The van der Waals surface area contributed by atoms with Crippen molar-refractivity contribution < 1.29 is 9.47 Å². The average Bonchev–Trinajstić information content (AvgIpc) is 3.41. The van der Waals surface area contributed by atoms with Crippen molar-refractivity contribution in [3.63, 3.8) is 0 Å². The van der Waals surface area contributed by atoms with Crippen LogP contribution in [0.5, 0.6) is 11.5 Å². The summed E-state index contributed by atoms with van der Waals surface area (Å²) in [5.74, 6) is 2.17. The van der Waals surface area contributed by atoms with Crippen LogP contribution in [-0.4, -0.2) is 21.6 Å². The van der Waals surface area contributed by atoms with Gasteiger partial charge in [0.05, 0.1) is 23.0 Å². The molecule has 4 aromatic rings. The highest BCUT2D eigenvalue weighted by atomic mass is 16.7. The molecule has 0 spiro atoms. The molecule has 28 heavy (non-hydrogen) atoms. The fourth-order valence-electron chi connectivity index (χ4n) is 3.15. The van der Waals surface area contributed by atoms with E-state index in [1.807, 2.05) is 59.3 Å². The molecule has 0 saturated heterocycles. The molecular formula is C22H14N4O2. The molecular weight excluding hydrogens is 352 g/mol. The smallest absolute Gasteiger partial charge is 0.231 e. The first-order valence-electron chi connectivity index (χ1n) is 8.74. The monoisotopic (exact) mass is 366 g/mol. The predicted molar refractivity (Wildman–Crippen MR) is 103 cm³/mol. The van der Waals surface area contributed by atoms with E-state index in [1.54, 1.807) is 18.3 Å². The lowest BCUT2D eigenvalue weighted by molar-refractivity contribution is 0.174. The van der Waals surface area contributed by atoms with Crippen LogP contribution < -0.4 is 9.47 Å². The molecule has 3 heterocycles. The molecule has 2 aromatic heterocycles. The van der Waals surface area contributed by atoms with Crippen molar-refractivity contribution in [2.45, 2.75) is 0 Å². The van der Waals surface area contributed by atoms with Gasteiger partial charge in [0.15, 0.2) is 17.3 Å². The number of ether oxygens (including phenoxy) is 2. The van der Waals surface area contributed by atoms with Crippen LogP contribution >= 0.6 is 0 Å². The van der Waals surface area contributed by atoms with Crippen molar-refractivity contribution in [1.82, 2.24) is 14.8 Å². The van der Waals surface area contributed by atoms with E-state index in [0.29, 0.717) is 11.3 Å². The third-order valence-corrected chi connectivity index (χ3v) is 4.55. The number of aromatic nitrogens is 3. The Balaban J connectivity index is 1.66. The van der Waals surface area contributed by atoms with Crippen molar-refractivity contribution in [3.05, 3.63) is 78.5 Å². The first-order valence-corrected chi connectivity index (χ1v) is 8.74. The Morgan fingerprint density at radius 2 is 1.71 bits per heavy atom. The maximum absolute atomic E-state index is 9.02. The summed E-state index contributed by atoms with van der Waals surface area (Å²) in [7, 11) is 0. The van der Waals surface area contributed by atoms with E-state index >= 15 is 0 Å². The molecule has 134 valence electrons. The van der Waals surface area contributed by atoms with Crippen LogP contribution in [0.15, 0.2) is 72.9 Å². The first kappa shape index (κ1) is 16.1. The van der Waals surface area contributed by atoms with Crippen LogP contribution in [-0.2, 0) is 0 Å². The predicted octanol–water partition coefficient (Wildman–Crippen LogP) is 4.20. The van der Waals surface area contributed by atoms with Gasteiger partial charge in [-0.15, -0.1) is 0 Å². The quantitative estimate of drug-likeness (QED) is 0.543. The summed E-state index contributed by atoms with van der Waals surface area (Å²) in [5.41, 5.74) is 4.17. The Morgan fingerprint density at radius 3 is 2.50 bits per heavy atom. The molecule has 5 rings (SSSR count). The molecule has 0 saturated carbocycles. The molecule has 1 aliphatic rings. The van der Waals surface area contributed by atoms with Crippen molar-refractivity contribution in [2.75, 3.05) is 6.79 Å². The van der Waals surface area contributed by atoms with Gasteiger partial charge >= 0.3 is 0 Å². The Labute approximate surface area is 161 Å². The molecule has 0 N–H and O–H groups in total. The molecule has 6 nitrogen and oxygen atoms in total. The summed E-state index contributed by atoms with van der Waals surface area (Å²) >= 11 is 0. The van der Waals surface area contributed by atoms with Crippen molar-refractivity contribution >= 4 is 0 Å². The van der Waals surface area contributed by atoms with E-state index in [2.05, 4.69) is 11.1 Å². The molecule has 0 unspecified atom stereocenters. The van der Waals surface area contributed by atoms with Crippen LogP contribution in [0.3, 0.4) is 0 Å². The third-order valence-electron chi connectivity index (χ3n) is 4.55. The zero-order valence-corrected chi connectivity index (χ0v) is 14.7. The van der Waals surface area contributed by atoms with Crippen LogP contribution in [0.2, 0.25) is 0 Å². The second-order valence-corrected chi connectivity index (χ2v) is 6.27. The third kappa shape index (κ3) is 2.75. The van der Waals surface area contributed by atoms with E-state index in [0.717, 1.165) is 34.1 Å². The highest BCUT2D eigenvalue weighted by Gasteiger charge is 2.18. The standard InChI is InChI=1S/C22H14N4O2/c23-13-15-4-6-16(7-5-15)18-12-19(26(25-18)22-3-1-2-10-24-22)17-8-9-20-21(11-17)28-14-27-20/h1-12H,14H2. The van der Waals surface area contributed by atoms with E-state index in [9.17, 15) is 0 Å². The second kappa shape index (κ2) is 6.56. The number of nitriles is 1. The fraction of sp³-hybridized carbons (Fsp3) is 0.0455. The summed E-state index contributed by atoms with van der Waals surface area (Å²) in [4.78, 5) is 4.44. The second-order valence-electron chi connectivity index (χ2n) is 6.27. The number of fused-ring (bicyclic) bond motifs is 1. The molecule has 0 amide bonds. The number of pyridine rings is 1. The maximum Gasteiger partial charge on any atom is 0.231 e. The van der Waals surface area contributed by atoms with Gasteiger partial charge in [-0.3, -0.25) is 0 Å². The number of nitrogens with zero attached hydrogens (tertiary/aromatic N) is 4. The zero-order chi connectivity index (χ0) is 18.9. The van der Waals surface area contributed by atoms with Crippen molar-refractivity contribution in [3.8, 4) is 45.9 Å². The summed E-state index contributed by atoms with van der Waals surface area (Å²) in [6.45, 7) is 0.231. The number of rotatable bonds is 3. The van der Waals surface area contributed by atoms with Gasteiger partial charge in [-0.1, -0.05) is 18.2 Å². The molecule has 1 aliphatic heterocycles. The molecule has 2 aromatic carbocycles. The summed E-state index contributed by atoms with van der Waals surface area (Å²) in [6.07, 6.45) is 1.74. The minimum absolute atomic E-state index is 0.231. The molecule has 0 fully saturated rings. The Hall–Kier alpha value is -4.11. The van der Waals surface area contributed by atoms with Gasteiger partial charge in [0.2, 0.25) is 6.79 Å². The normalized spacial score (nSPS) is 12.0. The van der Waals surface area contributed by atoms with Gasteiger partial charge in [-0.2, -0.15) is 10.4 Å². The Bertz CT molecular complexity index is 1190. The Morgan fingerprint density at radius 1 is 0.893 bits per heavy atom. The van der Waals surface area contributed by atoms with Gasteiger partial charge in [0.25, 0.3) is 0 Å². The van der Waals surface area contributed by atoms with Gasteiger partial charge in [-0.25, -0.2) is 9.67 Å². The van der Waals surface area contributed by atoms with E-state index in [4.69, 9.17) is 19.8 Å². The van der Waals surface area contributed by atoms with E-state index < -0.39 is 0 Å². The molecule has 0 bridgehead atoms. The highest BCUT2D eigenvalue weighted by Crippen LogP contribution is 2.37. The number of hydrogen-bond acceptors (Lipinski definition) is 5. The topological polar surface area (TPSA) is 73.0 Å². The summed E-state index contributed by atoms with van der Waals surface area (Å²) < 4.78 is 12.8. The largest absolute Gasteiger partial charge is 0.454 e. The first-order chi connectivity index (χ1) is 13.8. The van der Waals surface area contributed by atoms with Gasteiger partial charge in [-0.05, 0) is 48.5 Å². The Kier molecular flexibility index (Phi) is 3.77. The average molecular weight is 366 g/mol. The van der Waals surface area contributed by atoms with Crippen LogP contribution in [0.1, 0.15) is 5.56 Å². The fourth-order valence-corrected chi connectivity index (χ4v) is 3.15. The van der Waals surface area contributed by atoms with E-state index in [1.165, 1.54) is 0 Å². The van der Waals surface area contributed by atoms with Gasteiger partial charge < -0.3 is 9.47 Å². The minimum Gasteiger partial charge on any atom is -0.454 e. The summed E-state index contributed by atoms with van der Waals surface area (Å²) in [5, 5.41) is 13.8. The SMILES string of the molecule is N#Cc1ccc(-c2cc(-c3ccc4c(c3)OCO4)n(-c3ccccn3)n2)cc1. The lowest BCUT2D eigenvalue weighted by Crippen LogP contribution is -2.01. The maximum atomic E-state index is 9.02. The molecule has 0 aliphatic carbocycles. The van der Waals surface area contributed by atoms with Gasteiger partial charge in [0, 0.05) is 17.3 Å². The van der Waals surface area contributed by atoms with Gasteiger partial charge in [0.1, 0.15) is 0 Å². The molecule has 0 radical (unpaired) electrons. The van der Waals surface area contributed by atoms with Crippen LogP contribution in [0.25, 0.3) is 28.3 Å². The van der Waals surface area contributed by atoms with E-state index in [-0.39, 0.29) is 6.79 Å². The highest BCUT2D eigenvalue weighted by molar-refractivity contribution is 5.72. The van der Waals surface area contributed by atoms with Crippen molar-refractivity contribution in [1.29, 1.82) is 5.26 Å². The zero-order valence-electron chi connectivity index (χ0n) is 14.7.